The van der Waals surface area contributed by atoms with Crippen molar-refractivity contribution < 1.29 is 14.6 Å². The van der Waals surface area contributed by atoms with Crippen LogP contribution >= 0.6 is 27.3 Å². The number of hydrogen-bond donors (Lipinski definition) is 2. The Morgan fingerprint density at radius 2 is 1.66 bits per heavy atom. The first kappa shape index (κ1) is 18.5. The molecule has 2 heterocycles. The van der Waals surface area contributed by atoms with Crippen molar-refractivity contribution in [2.24, 2.45) is 0 Å². The molecule has 29 heavy (non-hydrogen) atoms. The first-order chi connectivity index (χ1) is 14.2. The van der Waals surface area contributed by atoms with Crippen LogP contribution in [0.2, 0.25) is 0 Å². The number of fused-ring (bicyclic) bond motifs is 1. The van der Waals surface area contributed by atoms with Crippen molar-refractivity contribution in [3.63, 3.8) is 0 Å². The summed E-state index contributed by atoms with van der Waals surface area (Å²) in [5.41, 5.74) is 1.07. The lowest BCUT2D eigenvalue weighted by molar-refractivity contribution is 0.142. The number of aromatic hydroxyl groups is 1. The van der Waals surface area contributed by atoms with E-state index in [0.29, 0.717) is 0 Å². The summed E-state index contributed by atoms with van der Waals surface area (Å²) in [4.78, 5) is 1.03. The van der Waals surface area contributed by atoms with Gasteiger partial charge in [-0.2, -0.15) is 0 Å². The van der Waals surface area contributed by atoms with E-state index in [1.807, 2.05) is 42.5 Å². The van der Waals surface area contributed by atoms with Crippen LogP contribution in [-0.2, 0) is 0 Å². The third-order valence-electron chi connectivity index (χ3n) is 4.82. The number of benzene rings is 3. The van der Waals surface area contributed by atoms with Crippen LogP contribution in [0, 0.1) is 0 Å². The van der Waals surface area contributed by atoms with Crippen LogP contribution in [0.5, 0.6) is 23.0 Å². The summed E-state index contributed by atoms with van der Waals surface area (Å²) in [6.45, 7) is 1.78. The number of phenolic OH excluding ortho intramolecular Hbond substituents is 1. The lowest BCUT2D eigenvalue weighted by Crippen LogP contribution is -2.50. The van der Waals surface area contributed by atoms with Gasteiger partial charge in [0, 0.05) is 27.6 Å². The van der Waals surface area contributed by atoms with E-state index in [1.54, 1.807) is 23.5 Å². The van der Waals surface area contributed by atoms with Gasteiger partial charge in [-0.25, -0.2) is 0 Å². The lowest BCUT2D eigenvalue weighted by Gasteiger charge is -2.27. The third kappa shape index (κ3) is 3.83. The molecule has 6 heteroatoms. The molecular formula is C23H18BrNO3S. The molecule has 0 aliphatic carbocycles. The van der Waals surface area contributed by atoms with Crippen molar-refractivity contribution >= 4 is 37.4 Å². The van der Waals surface area contributed by atoms with E-state index in [0.717, 1.165) is 55.3 Å². The van der Waals surface area contributed by atoms with Crippen LogP contribution in [0.15, 0.2) is 71.2 Å². The summed E-state index contributed by atoms with van der Waals surface area (Å²) in [5.74, 6) is 2.64. The average Bonchev–Trinajstić information content (AvgIpc) is 3.04. The predicted octanol–water partition coefficient (Wildman–Crippen LogP) is 6.18. The van der Waals surface area contributed by atoms with Crippen LogP contribution in [0.3, 0.4) is 0 Å². The highest BCUT2D eigenvalue weighted by Gasteiger charge is 2.19. The molecule has 1 fully saturated rings. The first-order valence-electron chi connectivity index (χ1n) is 9.32. The minimum Gasteiger partial charge on any atom is -0.508 e. The van der Waals surface area contributed by atoms with Crippen molar-refractivity contribution in [1.29, 1.82) is 0 Å². The molecule has 1 aliphatic rings. The SMILES string of the molecule is Oc1ccc2c(Oc3ccc(OC4CNC4)cc3)c(-c3ccc(Br)cc3)sc2c1. The summed E-state index contributed by atoms with van der Waals surface area (Å²) in [5, 5.41) is 14.1. The van der Waals surface area contributed by atoms with Crippen molar-refractivity contribution in [2.75, 3.05) is 13.1 Å². The minimum absolute atomic E-state index is 0.249. The van der Waals surface area contributed by atoms with Crippen molar-refractivity contribution in [3.8, 4) is 33.4 Å². The Balaban J connectivity index is 1.50. The predicted molar refractivity (Wildman–Crippen MR) is 120 cm³/mol. The monoisotopic (exact) mass is 467 g/mol. The zero-order chi connectivity index (χ0) is 19.8. The summed E-state index contributed by atoms with van der Waals surface area (Å²) in [7, 11) is 0. The van der Waals surface area contributed by atoms with Crippen LogP contribution < -0.4 is 14.8 Å². The number of ether oxygens (including phenoxy) is 2. The first-order valence-corrected chi connectivity index (χ1v) is 10.9. The fourth-order valence-corrected chi connectivity index (χ4v) is 4.63. The van der Waals surface area contributed by atoms with Gasteiger partial charge in [-0.3, -0.25) is 0 Å². The molecule has 0 atom stereocenters. The van der Waals surface area contributed by atoms with Gasteiger partial charge in [0.1, 0.15) is 23.4 Å². The maximum absolute atomic E-state index is 9.90. The standard InChI is InChI=1S/C23H18BrNO3S/c24-15-3-1-14(2-4-15)23-22(20-10-5-16(26)11-21(20)29-23)28-18-8-6-17(7-9-18)27-19-12-25-13-19/h1-11,19,25-26H,12-13H2. The summed E-state index contributed by atoms with van der Waals surface area (Å²) >= 11 is 5.10. The Morgan fingerprint density at radius 1 is 0.931 bits per heavy atom. The Kier molecular flexibility index (Phi) is 4.91. The molecule has 1 aromatic heterocycles. The molecule has 1 saturated heterocycles. The van der Waals surface area contributed by atoms with Crippen LogP contribution in [0.25, 0.3) is 20.5 Å². The van der Waals surface area contributed by atoms with Crippen molar-refractivity contribution in [3.05, 3.63) is 71.2 Å². The van der Waals surface area contributed by atoms with E-state index >= 15 is 0 Å². The smallest absolute Gasteiger partial charge is 0.153 e. The Bertz CT molecular complexity index is 1150. The maximum Gasteiger partial charge on any atom is 0.153 e. The number of halogens is 1. The van der Waals surface area contributed by atoms with Crippen LogP contribution in [-0.4, -0.2) is 24.3 Å². The second-order valence-electron chi connectivity index (χ2n) is 6.92. The number of hydrogen-bond acceptors (Lipinski definition) is 5. The van der Waals surface area contributed by atoms with E-state index in [-0.39, 0.29) is 11.9 Å². The fourth-order valence-electron chi connectivity index (χ4n) is 3.20. The zero-order valence-corrected chi connectivity index (χ0v) is 17.8. The Hall–Kier alpha value is -2.54. The van der Waals surface area contributed by atoms with Gasteiger partial charge in [0.25, 0.3) is 0 Å². The molecule has 0 radical (unpaired) electrons. The molecule has 3 aromatic carbocycles. The molecule has 0 unspecified atom stereocenters. The molecule has 0 amide bonds. The molecule has 0 spiro atoms. The normalized spacial score (nSPS) is 14.0. The number of nitrogens with one attached hydrogen (secondary N) is 1. The van der Waals surface area contributed by atoms with E-state index in [9.17, 15) is 5.11 Å². The molecule has 4 nitrogen and oxygen atoms in total. The van der Waals surface area contributed by atoms with E-state index in [1.165, 1.54) is 0 Å². The largest absolute Gasteiger partial charge is 0.508 e. The molecule has 1 aliphatic heterocycles. The maximum atomic E-state index is 9.90. The van der Waals surface area contributed by atoms with Gasteiger partial charge in [0.05, 0.1) is 4.88 Å². The fraction of sp³-hybridized carbons (Fsp3) is 0.130. The lowest BCUT2D eigenvalue weighted by atomic mass is 10.1. The van der Waals surface area contributed by atoms with Gasteiger partial charge in [0.15, 0.2) is 5.75 Å². The third-order valence-corrected chi connectivity index (χ3v) is 6.54. The van der Waals surface area contributed by atoms with E-state index in [4.69, 9.17) is 9.47 Å². The van der Waals surface area contributed by atoms with Crippen molar-refractivity contribution in [2.45, 2.75) is 6.10 Å². The van der Waals surface area contributed by atoms with Gasteiger partial charge >= 0.3 is 0 Å². The Morgan fingerprint density at radius 3 is 2.34 bits per heavy atom. The highest BCUT2D eigenvalue weighted by molar-refractivity contribution is 9.10. The number of thiophene rings is 1. The van der Waals surface area contributed by atoms with E-state index in [2.05, 4.69) is 33.4 Å². The summed E-state index contributed by atoms with van der Waals surface area (Å²) in [6, 6.07) is 21.3. The quantitative estimate of drug-likeness (QED) is 0.367. The van der Waals surface area contributed by atoms with Gasteiger partial charge < -0.3 is 19.9 Å². The molecule has 146 valence electrons. The summed E-state index contributed by atoms with van der Waals surface area (Å²) < 4.78 is 14.2. The molecule has 2 N–H and O–H groups in total. The number of phenols is 1. The minimum atomic E-state index is 0.249. The highest BCUT2D eigenvalue weighted by atomic mass is 79.9. The zero-order valence-electron chi connectivity index (χ0n) is 15.4. The van der Waals surface area contributed by atoms with Gasteiger partial charge in [-0.05, 0) is 60.2 Å². The molecular weight excluding hydrogens is 450 g/mol. The van der Waals surface area contributed by atoms with Gasteiger partial charge in [-0.1, -0.05) is 28.1 Å². The second kappa shape index (κ2) is 7.71. The number of rotatable bonds is 5. The molecule has 0 saturated carbocycles. The molecule has 5 rings (SSSR count). The Labute approximate surface area is 180 Å². The van der Waals surface area contributed by atoms with Crippen LogP contribution in [0.1, 0.15) is 0 Å². The summed E-state index contributed by atoms with van der Waals surface area (Å²) in [6.07, 6.45) is 0.249. The van der Waals surface area contributed by atoms with Gasteiger partial charge in [0.2, 0.25) is 0 Å². The highest BCUT2D eigenvalue weighted by Crippen LogP contribution is 2.47. The van der Waals surface area contributed by atoms with Crippen LogP contribution in [0.4, 0.5) is 0 Å². The second-order valence-corrected chi connectivity index (χ2v) is 8.89. The topological polar surface area (TPSA) is 50.7 Å². The van der Waals surface area contributed by atoms with Crippen molar-refractivity contribution in [1.82, 2.24) is 5.32 Å². The average molecular weight is 468 g/mol. The molecule has 4 aromatic rings. The molecule has 0 bridgehead atoms. The van der Waals surface area contributed by atoms with E-state index < -0.39 is 0 Å². The van der Waals surface area contributed by atoms with Gasteiger partial charge in [-0.15, -0.1) is 11.3 Å².